The van der Waals surface area contributed by atoms with E-state index in [2.05, 4.69) is 11.2 Å². The van der Waals surface area contributed by atoms with Gasteiger partial charge in [-0.15, -0.1) is 0 Å². The number of imidazole rings is 1. The van der Waals surface area contributed by atoms with Crippen molar-refractivity contribution in [1.82, 2.24) is 24.3 Å². The van der Waals surface area contributed by atoms with E-state index >= 15 is 0 Å². The summed E-state index contributed by atoms with van der Waals surface area (Å²) in [4.78, 5) is 36.2. The predicted molar refractivity (Wildman–Crippen MR) is 154 cm³/mol. The van der Waals surface area contributed by atoms with Crippen molar-refractivity contribution in [3.8, 4) is 11.1 Å². The van der Waals surface area contributed by atoms with Gasteiger partial charge < -0.3 is 19.2 Å². The topological polar surface area (TPSA) is 87.2 Å². The van der Waals surface area contributed by atoms with E-state index in [-0.39, 0.29) is 17.6 Å². The van der Waals surface area contributed by atoms with Gasteiger partial charge in [0.25, 0.3) is 0 Å². The number of fused-ring (bicyclic) bond motifs is 1. The molecule has 218 valence electrons. The summed E-state index contributed by atoms with van der Waals surface area (Å²) in [6.07, 6.45) is 6.22. The number of hydrogen-bond acceptors (Lipinski definition) is 5. The fourth-order valence-corrected chi connectivity index (χ4v) is 6.11. The maximum atomic E-state index is 14.4. The summed E-state index contributed by atoms with van der Waals surface area (Å²) in [6, 6.07) is 6.85. The first kappa shape index (κ1) is 27.6. The Balaban J connectivity index is 1.53. The van der Waals surface area contributed by atoms with Crippen molar-refractivity contribution in [3.05, 3.63) is 77.1 Å². The summed E-state index contributed by atoms with van der Waals surface area (Å²) >= 11 is 0. The number of urea groups is 1. The lowest BCUT2D eigenvalue weighted by Gasteiger charge is -2.36. The number of anilines is 1. The molecule has 0 spiro atoms. The quantitative estimate of drug-likeness (QED) is 0.302. The minimum Gasteiger partial charge on any atom is -0.361 e. The molecule has 0 unspecified atom stereocenters. The molecule has 11 heteroatoms. The highest BCUT2D eigenvalue weighted by atomic mass is 19.2. The van der Waals surface area contributed by atoms with Crippen molar-refractivity contribution in [2.24, 2.45) is 0 Å². The molecular formula is C31H32F2N6O3. The summed E-state index contributed by atoms with van der Waals surface area (Å²) in [5, 5.41) is 4.09. The zero-order valence-corrected chi connectivity index (χ0v) is 24.0. The van der Waals surface area contributed by atoms with Gasteiger partial charge in [-0.3, -0.25) is 9.20 Å². The molecule has 0 bridgehead atoms. The SMILES string of the molecule is Cc1noc(C)c1-c1ccn2c(C3=CCCN(C(=O)N(C)C)C3)c([C@@H]3CCCC(=O)N3c3ccc(F)c(F)c3)nc2c1. The second kappa shape index (κ2) is 10.7. The first-order valence-electron chi connectivity index (χ1n) is 14.0. The Hall–Kier alpha value is -4.54. The Labute approximate surface area is 242 Å². The minimum absolute atomic E-state index is 0.0899. The number of hydrogen-bond donors (Lipinski definition) is 0. The molecule has 3 amide bonds. The van der Waals surface area contributed by atoms with Crippen LogP contribution in [0, 0.1) is 25.5 Å². The number of nitrogens with zero attached hydrogens (tertiary/aromatic N) is 6. The maximum Gasteiger partial charge on any atom is 0.319 e. The van der Waals surface area contributed by atoms with Gasteiger partial charge in [0.1, 0.15) is 11.4 Å². The number of rotatable bonds is 4. The molecule has 1 fully saturated rings. The molecule has 2 aliphatic rings. The number of aryl methyl sites for hydroxylation is 2. The Morgan fingerprint density at radius 3 is 2.64 bits per heavy atom. The number of pyridine rings is 1. The summed E-state index contributed by atoms with van der Waals surface area (Å²) in [6.45, 7) is 4.70. The van der Waals surface area contributed by atoms with Crippen molar-refractivity contribution >= 4 is 28.8 Å². The number of aromatic nitrogens is 3. The first-order valence-corrected chi connectivity index (χ1v) is 14.0. The van der Waals surface area contributed by atoms with Crippen LogP contribution in [0.3, 0.4) is 0 Å². The van der Waals surface area contributed by atoms with Crippen molar-refractivity contribution in [1.29, 1.82) is 0 Å². The van der Waals surface area contributed by atoms with Gasteiger partial charge in [0.05, 0.1) is 23.1 Å². The molecule has 0 saturated carbocycles. The predicted octanol–water partition coefficient (Wildman–Crippen LogP) is 5.91. The Morgan fingerprint density at radius 2 is 1.93 bits per heavy atom. The Bertz CT molecular complexity index is 1720. The van der Waals surface area contributed by atoms with Crippen LogP contribution in [0.5, 0.6) is 0 Å². The second-order valence-electron chi connectivity index (χ2n) is 11.1. The van der Waals surface area contributed by atoms with Crippen LogP contribution in [-0.2, 0) is 4.79 Å². The standard InChI is InChI=1S/C31H32F2N6O3/c1-18-28(19(2)42-35-18)20-12-14-38-26(15-20)34-29(30(38)21-7-6-13-37(17-21)31(41)36(3)4)25-8-5-9-27(40)39(25)22-10-11-23(32)24(33)16-22/h7,10-12,14-16,25H,5-6,8-9,13,17H2,1-4H3/t25-/m0/s1. The molecule has 6 rings (SSSR count). The average molecular weight is 575 g/mol. The number of halogens is 2. The molecule has 3 aromatic heterocycles. The summed E-state index contributed by atoms with van der Waals surface area (Å²) < 4.78 is 35.6. The van der Waals surface area contributed by atoms with E-state index in [0.29, 0.717) is 55.9 Å². The molecule has 1 aromatic carbocycles. The van der Waals surface area contributed by atoms with Gasteiger partial charge in [-0.05, 0) is 68.5 Å². The lowest BCUT2D eigenvalue weighted by atomic mass is 9.94. The molecule has 5 heterocycles. The third kappa shape index (κ3) is 4.72. The third-order valence-electron chi connectivity index (χ3n) is 8.03. The first-order chi connectivity index (χ1) is 20.1. The van der Waals surface area contributed by atoms with Gasteiger partial charge in [-0.1, -0.05) is 11.2 Å². The Kier molecular flexibility index (Phi) is 7.04. The molecule has 0 aliphatic carbocycles. The van der Waals surface area contributed by atoms with Gasteiger partial charge in [0.15, 0.2) is 11.6 Å². The van der Waals surface area contributed by atoms with Crippen LogP contribution in [0.25, 0.3) is 22.3 Å². The third-order valence-corrected chi connectivity index (χ3v) is 8.03. The largest absolute Gasteiger partial charge is 0.361 e. The van der Waals surface area contributed by atoms with E-state index in [4.69, 9.17) is 9.51 Å². The molecule has 9 nitrogen and oxygen atoms in total. The molecule has 0 N–H and O–H groups in total. The van der Waals surface area contributed by atoms with Crippen LogP contribution in [-0.4, -0.2) is 63.5 Å². The van der Waals surface area contributed by atoms with Crippen molar-refractivity contribution in [3.63, 3.8) is 0 Å². The molecule has 1 atom stereocenters. The van der Waals surface area contributed by atoms with Gasteiger partial charge in [-0.2, -0.15) is 0 Å². The van der Waals surface area contributed by atoms with Crippen molar-refractivity contribution < 1.29 is 22.9 Å². The van der Waals surface area contributed by atoms with E-state index in [1.807, 2.05) is 36.6 Å². The van der Waals surface area contributed by atoms with Gasteiger partial charge in [0.2, 0.25) is 5.91 Å². The Morgan fingerprint density at radius 1 is 1.12 bits per heavy atom. The van der Waals surface area contributed by atoms with E-state index in [0.717, 1.165) is 40.2 Å². The average Bonchev–Trinajstić information content (AvgIpc) is 3.52. The van der Waals surface area contributed by atoms with Crippen LogP contribution in [0.15, 0.2) is 47.1 Å². The number of amides is 3. The summed E-state index contributed by atoms with van der Waals surface area (Å²) in [7, 11) is 3.45. The van der Waals surface area contributed by atoms with Crippen LogP contribution in [0.2, 0.25) is 0 Å². The lowest BCUT2D eigenvalue weighted by Crippen LogP contribution is -2.42. The van der Waals surface area contributed by atoms with E-state index in [1.165, 1.54) is 6.07 Å². The van der Waals surface area contributed by atoms with E-state index in [9.17, 15) is 18.4 Å². The van der Waals surface area contributed by atoms with E-state index < -0.39 is 17.7 Å². The zero-order chi connectivity index (χ0) is 29.7. The van der Waals surface area contributed by atoms with Crippen LogP contribution >= 0.6 is 0 Å². The minimum atomic E-state index is -1.02. The second-order valence-corrected chi connectivity index (χ2v) is 11.1. The molecule has 0 radical (unpaired) electrons. The number of carbonyl (C=O) groups is 2. The molecule has 4 aromatic rings. The van der Waals surface area contributed by atoms with Crippen LogP contribution < -0.4 is 4.90 Å². The number of benzene rings is 1. The monoisotopic (exact) mass is 574 g/mol. The van der Waals surface area contributed by atoms with Gasteiger partial charge >= 0.3 is 6.03 Å². The van der Waals surface area contributed by atoms with Gasteiger partial charge in [0, 0.05) is 57.1 Å². The van der Waals surface area contributed by atoms with Crippen LogP contribution in [0.1, 0.15) is 54.6 Å². The highest BCUT2D eigenvalue weighted by Gasteiger charge is 2.36. The van der Waals surface area contributed by atoms with Gasteiger partial charge in [-0.25, -0.2) is 18.6 Å². The maximum absolute atomic E-state index is 14.4. The smallest absolute Gasteiger partial charge is 0.319 e. The molecular weight excluding hydrogens is 542 g/mol. The molecule has 2 aliphatic heterocycles. The van der Waals surface area contributed by atoms with Crippen molar-refractivity contribution in [2.45, 2.75) is 45.6 Å². The fraction of sp³-hybridized carbons (Fsp3) is 0.355. The van der Waals surface area contributed by atoms with Crippen LogP contribution in [0.4, 0.5) is 19.3 Å². The summed E-state index contributed by atoms with van der Waals surface area (Å²) in [5.41, 5.74) is 5.82. The normalized spacial score (nSPS) is 17.6. The highest BCUT2D eigenvalue weighted by molar-refractivity contribution is 5.95. The fourth-order valence-electron chi connectivity index (χ4n) is 6.11. The summed E-state index contributed by atoms with van der Waals surface area (Å²) in [5.74, 6) is -1.48. The molecule has 1 saturated heterocycles. The van der Waals surface area contributed by atoms with Crippen molar-refractivity contribution in [2.75, 3.05) is 32.1 Å². The highest BCUT2D eigenvalue weighted by Crippen LogP contribution is 2.40. The number of piperidine rings is 1. The zero-order valence-electron chi connectivity index (χ0n) is 24.0. The lowest BCUT2D eigenvalue weighted by molar-refractivity contribution is -0.120. The number of carbonyl (C=O) groups excluding carboxylic acids is 2. The molecule has 42 heavy (non-hydrogen) atoms. The van der Waals surface area contributed by atoms with E-state index in [1.54, 1.807) is 28.8 Å².